The van der Waals surface area contributed by atoms with Crippen molar-refractivity contribution in [3.8, 4) is 5.75 Å². The van der Waals surface area contributed by atoms with Gasteiger partial charge in [-0.15, -0.1) is 0 Å². The Morgan fingerprint density at radius 3 is 2.67 bits per heavy atom. The molecule has 0 saturated carbocycles. The molecular weight excluding hydrogens is 377 g/mol. The van der Waals surface area contributed by atoms with Crippen LogP contribution in [0.15, 0.2) is 36.7 Å². The van der Waals surface area contributed by atoms with Gasteiger partial charge in [-0.05, 0) is 41.6 Å². The third kappa shape index (κ3) is 3.64. The molecule has 1 aromatic heterocycles. The number of halogens is 1. The SMILES string of the molecule is Cc1cc(N2CCC(Oc3ccccc3I)CC2)ncn1. The van der Waals surface area contributed by atoms with Gasteiger partial charge in [-0.3, -0.25) is 0 Å². The topological polar surface area (TPSA) is 38.2 Å². The van der Waals surface area contributed by atoms with Crippen molar-refractivity contribution in [2.24, 2.45) is 0 Å². The molecule has 1 aliphatic heterocycles. The van der Waals surface area contributed by atoms with Gasteiger partial charge in [-0.25, -0.2) is 9.97 Å². The van der Waals surface area contributed by atoms with E-state index in [1.54, 1.807) is 6.33 Å². The summed E-state index contributed by atoms with van der Waals surface area (Å²) in [5.41, 5.74) is 1.01. The molecule has 0 atom stereocenters. The third-order valence-electron chi connectivity index (χ3n) is 3.69. The fraction of sp³-hybridized carbons (Fsp3) is 0.375. The number of para-hydroxylation sites is 1. The Balaban J connectivity index is 1.59. The Labute approximate surface area is 138 Å². The number of anilines is 1. The molecule has 110 valence electrons. The molecule has 2 heterocycles. The molecule has 0 radical (unpaired) electrons. The minimum Gasteiger partial charge on any atom is -0.489 e. The number of ether oxygens (including phenoxy) is 1. The monoisotopic (exact) mass is 395 g/mol. The Bertz CT molecular complexity index is 612. The summed E-state index contributed by atoms with van der Waals surface area (Å²) in [5, 5.41) is 0. The lowest BCUT2D eigenvalue weighted by Crippen LogP contribution is -2.38. The lowest BCUT2D eigenvalue weighted by Gasteiger charge is -2.33. The molecule has 1 fully saturated rings. The Morgan fingerprint density at radius 2 is 1.95 bits per heavy atom. The maximum Gasteiger partial charge on any atom is 0.133 e. The van der Waals surface area contributed by atoms with Crippen LogP contribution < -0.4 is 9.64 Å². The first-order chi connectivity index (χ1) is 10.2. The van der Waals surface area contributed by atoms with Gasteiger partial charge in [0, 0.05) is 37.7 Å². The van der Waals surface area contributed by atoms with Crippen LogP contribution in [0.5, 0.6) is 5.75 Å². The van der Waals surface area contributed by atoms with E-state index in [0.717, 1.165) is 43.2 Å². The van der Waals surface area contributed by atoms with Crippen LogP contribution in [0.1, 0.15) is 18.5 Å². The van der Waals surface area contributed by atoms with Crippen molar-refractivity contribution < 1.29 is 4.74 Å². The van der Waals surface area contributed by atoms with Crippen LogP contribution in [0.3, 0.4) is 0 Å². The summed E-state index contributed by atoms with van der Waals surface area (Å²) < 4.78 is 7.30. The average Bonchev–Trinajstić information content (AvgIpc) is 2.50. The molecule has 0 aliphatic carbocycles. The summed E-state index contributed by atoms with van der Waals surface area (Å²) in [4.78, 5) is 10.8. The highest BCUT2D eigenvalue weighted by molar-refractivity contribution is 14.1. The number of rotatable bonds is 3. The first-order valence-electron chi connectivity index (χ1n) is 7.17. The normalized spacial score (nSPS) is 16.0. The van der Waals surface area contributed by atoms with E-state index in [4.69, 9.17) is 4.74 Å². The summed E-state index contributed by atoms with van der Waals surface area (Å²) in [7, 11) is 0. The van der Waals surface area contributed by atoms with E-state index in [-0.39, 0.29) is 0 Å². The van der Waals surface area contributed by atoms with Crippen molar-refractivity contribution >= 4 is 28.4 Å². The van der Waals surface area contributed by atoms with Crippen molar-refractivity contribution in [1.82, 2.24) is 9.97 Å². The van der Waals surface area contributed by atoms with Crippen LogP contribution in [0.4, 0.5) is 5.82 Å². The van der Waals surface area contributed by atoms with Gasteiger partial charge in [-0.2, -0.15) is 0 Å². The van der Waals surface area contributed by atoms with Gasteiger partial charge >= 0.3 is 0 Å². The van der Waals surface area contributed by atoms with Gasteiger partial charge in [0.2, 0.25) is 0 Å². The van der Waals surface area contributed by atoms with E-state index in [1.165, 1.54) is 3.57 Å². The zero-order valence-electron chi connectivity index (χ0n) is 12.0. The number of nitrogens with zero attached hydrogens (tertiary/aromatic N) is 3. The van der Waals surface area contributed by atoms with Gasteiger partial charge in [0.1, 0.15) is 24.0 Å². The maximum atomic E-state index is 6.13. The predicted octanol–water partition coefficient (Wildman–Crippen LogP) is 3.44. The molecule has 0 spiro atoms. The lowest BCUT2D eigenvalue weighted by molar-refractivity contribution is 0.169. The lowest BCUT2D eigenvalue weighted by atomic mass is 10.1. The number of aromatic nitrogens is 2. The highest BCUT2D eigenvalue weighted by atomic mass is 127. The fourth-order valence-corrected chi connectivity index (χ4v) is 3.05. The van der Waals surface area contributed by atoms with Crippen LogP contribution in [0.2, 0.25) is 0 Å². The molecular formula is C16H18IN3O. The molecule has 0 N–H and O–H groups in total. The molecule has 3 rings (SSSR count). The van der Waals surface area contributed by atoms with Gasteiger partial charge in [0.25, 0.3) is 0 Å². The highest BCUT2D eigenvalue weighted by Crippen LogP contribution is 2.25. The first-order valence-corrected chi connectivity index (χ1v) is 8.25. The number of benzene rings is 1. The predicted molar refractivity (Wildman–Crippen MR) is 91.8 cm³/mol. The van der Waals surface area contributed by atoms with Gasteiger partial charge in [0.05, 0.1) is 3.57 Å². The molecule has 1 aliphatic rings. The highest BCUT2D eigenvalue weighted by Gasteiger charge is 2.22. The minimum atomic E-state index is 0.292. The largest absolute Gasteiger partial charge is 0.489 e. The van der Waals surface area contributed by atoms with E-state index in [2.05, 4.69) is 43.5 Å². The Kier molecular flexibility index (Phi) is 4.57. The summed E-state index contributed by atoms with van der Waals surface area (Å²) in [6.07, 6.45) is 3.97. The van der Waals surface area contributed by atoms with Crippen molar-refractivity contribution in [3.05, 3.63) is 45.9 Å². The molecule has 1 saturated heterocycles. The Morgan fingerprint density at radius 1 is 1.19 bits per heavy atom. The van der Waals surface area contributed by atoms with Crippen molar-refractivity contribution in [2.75, 3.05) is 18.0 Å². The molecule has 4 nitrogen and oxygen atoms in total. The van der Waals surface area contributed by atoms with Crippen LogP contribution in [-0.4, -0.2) is 29.2 Å². The minimum absolute atomic E-state index is 0.292. The van der Waals surface area contributed by atoms with E-state index in [0.29, 0.717) is 6.10 Å². The Hall–Kier alpha value is -1.37. The number of aryl methyl sites for hydroxylation is 1. The third-order valence-corrected chi connectivity index (χ3v) is 4.58. The fourth-order valence-electron chi connectivity index (χ4n) is 2.54. The summed E-state index contributed by atoms with van der Waals surface area (Å²) in [6.45, 7) is 3.95. The van der Waals surface area contributed by atoms with Crippen LogP contribution in [-0.2, 0) is 0 Å². The molecule has 0 amide bonds. The molecule has 5 heteroatoms. The van der Waals surface area contributed by atoms with E-state index < -0.39 is 0 Å². The molecule has 0 bridgehead atoms. The van der Waals surface area contributed by atoms with E-state index >= 15 is 0 Å². The quantitative estimate of drug-likeness (QED) is 0.747. The van der Waals surface area contributed by atoms with E-state index in [1.807, 2.05) is 31.2 Å². The van der Waals surface area contributed by atoms with Gasteiger partial charge < -0.3 is 9.64 Å². The second kappa shape index (κ2) is 6.60. The van der Waals surface area contributed by atoms with Crippen molar-refractivity contribution in [2.45, 2.75) is 25.9 Å². The first kappa shape index (κ1) is 14.6. The number of hydrogen-bond acceptors (Lipinski definition) is 4. The average molecular weight is 395 g/mol. The molecule has 2 aromatic rings. The van der Waals surface area contributed by atoms with Crippen LogP contribution in [0.25, 0.3) is 0 Å². The molecule has 21 heavy (non-hydrogen) atoms. The van der Waals surface area contributed by atoms with Gasteiger partial charge in [0.15, 0.2) is 0 Å². The summed E-state index contributed by atoms with van der Waals surface area (Å²) in [5.74, 6) is 2.02. The zero-order valence-corrected chi connectivity index (χ0v) is 14.2. The second-order valence-electron chi connectivity index (χ2n) is 5.25. The van der Waals surface area contributed by atoms with Gasteiger partial charge in [-0.1, -0.05) is 12.1 Å². The van der Waals surface area contributed by atoms with Crippen molar-refractivity contribution in [1.29, 1.82) is 0 Å². The molecule has 0 unspecified atom stereocenters. The second-order valence-corrected chi connectivity index (χ2v) is 6.41. The molecule has 1 aromatic carbocycles. The standard InChI is InChI=1S/C16H18IN3O/c1-12-10-16(19-11-18-12)20-8-6-13(7-9-20)21-15-5-3-2-4-14(15)17/h2-5,10-11,13H,6-9H2,1H3. The van der Waals surface area contributed by atoms with Crippen LogP contribution in [0, 0.1) is 10.5 Å². The smallest absolute Gasteiger partial charge is 0.133 e. The van der Waals surface area contributed by atoms with Crippen LogP contribution >= 0.6 is 22.6 Å². The summed E-state index contributed by atoms with van der Waals surface area (Å²) >= 11 is 2.32. The van der Waals surface area contributed by atoms with E-state index in [9.17, 15) is 0 Å². The number of hydrogen-bond donors (Lipinski definition) is 0. The summed E-state index contributed by atoms with van der Waals surface area (Å²) in [6, 6.07) is 10.2. The maximum absolute atomic E-state index is 6.13. The van der Waals surface area contributed by atoms with Crippen molar-refractivity contribution in [3.63, 3.8) is 0 Å². The number of piperidine rings is 1. The zero-order chi connectivity index (χ0) is 14.7.